The number of hydrogen-bond acceptors (Lipinski definition) is 6. The van der Waals surface area contributed by atoms with Crippen LogP contribution in [-0.4, -0.2) is 33.5 Å². The van der Waals surface area contributed by atoms with Crippen molar-refractivity contribution in [2.75, 3.05) is 6.61 Å². The van der Waals surface area contributed by atoms with Gasteiger partial charge in [-0.15, -0.1) is 0 Å². The minimum atomic E-state index is -0.415. The first kappa shape index (κ1) is 27.9. The molecule has 1 aromatic carbocycles. The van der Waals surface area contributed by atoms with Crippen molar-refractivity contribution >= 4 is 22.7 Å². The van der Waals surface area contributed by atoms with Crippen molar-refractivity contribution in [3.05, 3.63) is 47.2 Å². The summed E-state index contributed by atoms with van der Waals surface area (Å²) in [4.78, 5) is 24.7. The predicted molar refractivity (Wildman–Crippen MR) is 141 cm³/mol. The molecule has 0 aromatic heterocycles. The van der Waals surface area contributed by atoms with Crippen LogP contribution in [0, 0.1) is 0 Å². The third-order valence-corrected chi connectivity index (χ3v) is 8.57. The monoisotopic (exact) mass is 502 g/mol. The number of ketones is 1. The van der Waals surface area contributed by atoms with E-state index in [2.05, 4.69) is 13.8 Å². The summed E-state index contributed by atoms with van der Waals surface area (Å²) in [6.07, 6.45) is 9.56. The van der Waals surface area contributed by atoms with Crippen molar-refractivity contribution in [3.63, 3.8) is 0 Å². The fourth-order valence-electron chi connectivity index (χ4n) is 4.38. The van der Waals surface area contributed by atoms with Gasteiger partial charge < -0.3 is 14.2 Å². The fraction of sp³-hybridized carbons (Fsp3) is 0.655. The maximum atomic E-state index is 12.6. The molecule has 35 heavy (non-hydrogen) atoms. The average Bonchev–Trinajstić information content (AvgIpc) is 3.19. The van der Waals surface area contributed by atoms with Crippen LogP contribution in [0.3, 0.4) is 0 Å². The Morgan fingerprint density at radius 3 is 2.17 bits per heavy atom. The summed E-state index contributed by atoms with van der Waals surface area (Å²) >= 11 is 1.32. The highest BCUT2D eigenvalue weighted by Crippen LogP contribution is 2.45. The van der Waals surface area contributed by atoms with E-state index in [1.807, 2.05) is 52.0 Å². The molecule has 0 amide bonds. The van der Waals surface area contributed by atoms with Gasteiger partial charge in [0.2, 0.25) is 5.12 Å². The summed E-state index contributed by atoms with van der Waals surface area (Å²) in [7, 11) is 0. The van der Waals surface area contributed by atoms with Crippen molar-refractivity contribution < 1.29 is 23.8 Å². The van der Waals surface area contributed by atoms with E-state index >= 15 is 0 Å². The number of Topliss-reactive ketones (excluding diaryl/α,β-unsaturated/α-hetero) is 1. The number of ether oxygens (including phenoxy) is 3. The summed E-state index contributed by atoms with van der Waals surface area (Å²) in [5.41, 5.74) is 1.08. The van der Waals surface area contributed by atoms with Gasteiger partial charge in [-0.05, 0) is 46.6 Å². The molecule has 2 aliphatic rings. The number of unbranched alkanes of at least 4 members (excludes halogenated alkanes) is 5. The van der Waals surface area contributed by atoms with Crippen LogP contribution in [0.15, 0.2) is 36.1 Å². The van der Waals surface area contributed by atoms with E-state index in [9.17, 15) is 9.59 Å². The molecule has 1 fully saturated rings. The third-order valence-electron chi connectivity index (χ3n) is 7.40. The van der Waals surface area contributed by atoms with Gasteiger partial charge in [0.05, 0.1) is 15.9 Å². The van der Waals surface area contributed by atoms with Crippen LogP contribution in [0.2, 0.25) is 0 Å². The number of hydrogen-bond donors (Lipinski definition) is 0. The molecule has 0 radical (unpaired) electrons. The molecule has 0 aliphatic carbocycles. The van der Waals surface area contributed by atoms with Gasteiger partial charge in [-0.25, -0.2) is 0 Å². The highest BCUT2D eigenvalue weighted by Gasteiger charge is 2.49. The Kier molecular flexibility index (Phi) is 9.27. The summed E-state index contributed by atoms with van der Waals surface area (Å²) in [5.74, 6) is 0.631. The minimum absolute atomic E-state index is 0.0132. The number of rotatable bonds is 13. The largest absolute Gasteiger partial charge is 0.489 e. The molecule has 1 atom stereocenters. The highest BCUT2D eigenvalue weighted by molar-refractivity contribution is 8.15. The average molecular weight is 503 g/mol. The Morgan fingerprint density at radius 1 is 0.943 bits per heavy atom. The van der Waals surface area contributed by atoms with Crippen molar-refractivity contribution in [3.8, 4) is 0 Å². The molecule has 6 heteroatoms. The van der Waals surface area contributed by atoms with Crippen LogP contribution in [0.4, 0.5) is 0 Å². The Balaban J connectivity index is 1.48. The van der Waals surface area contributed by atoms with Gasteiger partial charge in [-0.1, -0.05) is 81.5 Å². The van der Waals surface area contributed by atoms with Gasteiger partial charge in [0.1, 0.15) is 12.4 Å². The lowest BCUT2D eigenvalue weighted by atomic mass is 9.90. The molecule has 5 nitrogen and oxygen atoms in total. The lowest BCUT2D eigenvalue weighted by Crippen LogP contribution is -2.41. The topological polar surface area (TPSA) is 61.8 Å². The molecule has 0 saturated carbocycles. The highest BCUT2D eigenvalue weighted by atomic mass is 32.2. The number of benzene rings is 1. The minimum Gasteiger partial charge on any atom is -0.489 e. The van der Waals surface area contributed by atoms with E-state index in [0.717, 1.165) is 24.0 Å². The van der Waals surface area contributed by atoms with E-state index in [1.165, 1.54) is 43.9 Å². The zero-order chi connectivity index (χ0) is 25.7. The first-order chi connectivity index (χ1) is 16.5. The molecular formula is C29H42O5S. The maximum Gasteiger partial charge on any atom is 0.216 e. The maximum absolute atomic E-state index is 12.6. The van der Waals surface area contributed by atoms with Crippen molar-refractivity contribution in [1.29, 1.82) is 0 Å². The first-order valence-electron chi connectivity index (χ1n) is 13.0. The molecular weight excluding hydrogens is 460 g/mol. The lowest BCUT2D eigenvalue weighted by Gasteiger charge is -2.30. The van der Waals surface area contributed by atoms with Crippen LogP contribution >= 0.6 is 11.8 Å². The Hall–Kier alpha value is -1.63. The summed E-state index contributed by atoms with van der Waals surface area (Å²) in [6, 6.07) is 7.79. The van der Waals surface area contributed by atoms with Gasteiger partial charge in [-0.2, -0.15) is 0 Å². The van der Waals surface area contributed by atoms with Crippen molar-refractivity contribution in [1.82, 2.24) is 0 Å². The molecule has 3 rings (SSSR count). The van der Waals surface area contributed by atoms with E-state index in [1.54, 1.807) is 6.08 Å². The van der Waals surface area contributed by atoms with E-state index in [0.29, 0.717) is 5.76 Å². The van der Waals surface area contributed by atoms with Crippen LogP contribution in [0.1, 0.15) is 104 Å². The van der Waals surface area contributed by atoms with Crippen molar-refractivity contribution in [2.45, 2.75) is 115 Å². The fourth-order valence-corrected chi connectivity index (χ4v) is 5.46. The molecule has 2 heterocycles. The van der Waals surface area contributed by atoms with E-state index < -0.39 is 6.29 Å². The normalized spacial score (nSPS) is 23.5. The SMILES string of the molecule is CCCCCCCCC1(C)SC(=O)C=C1OCC(=O)Cc1ccc(C2OC(C)(C)C(C)(C)O2)cc1. The summed E-state index contributed by atoms with van der Waals surface area (Å²) < 4.78 is 17.7. The van der Waals surface area contributed by atoms with Gasteiger partial charge >= 0.3 is 0 Å². The second kappa shape index (κ2) is 11.6. The summed E-state index contributed by atoms with van der Waals surface area (Å²) in [5, 5.41) is 0.0132. The Morgan fingerprint density at radius 2 is 1.54 bits per heavy atom. The molecule has 0 N–H and O–H groups in total. The molecule has 194 valence electrons. The standard InChI is InChI=1S/C29H42O5S/c1-7-8-9-10-11-12-17-29(6)24(19-25(31)35-29)32-20-23(30)18-21-13-15-22(16-14-21)26-33-27(2,3)28(4,5)34-26/h13-16,19,26H,7-12,17-18,20H2,1-6H3. The van der Waals surface area contributed by atoms with Crippen LogP contribution < -0.4 is 0 Å². The van der Waals surface area contributed by atoms with Gasteiger partial charge in [0.15, 0.2) is 12.1 Å². The van der Waals surface area contributed by atoms with Crippen LogP contribution in [0.5, 0.6) is 0 Å². The smallest absolute Gasteiger partial charge is 0.216 e. The molecule has 0 bridgehead atoms. The zero-order valence-electron chi connectivity index (χ0n) is 22.3. The van der Waals surface area contributed by atoms with Gasteiger partial charge in [0.25, 0.3) is 0 Å². The van der Waals surface area contributed by atoms with E-state index in [4.69, 9.17) is 14.2 Å². The predicted octanol–water partition coefficient (Wildman–Crippen LogP) is 7.08. The second-order valence-electron chi connectivity index (χ2n) is 11.0. The molecule has 2 aliphatic heterocycles. The number of carbonyl (C=O) groups is 2. The Bertz CT molecular complexity index is 902. The molecule has 1 aromatic rings. The quantitative estimate of drug-likeness (QED) is 0.269. The van der Waals surface area contributed by atoms with Crippen molar-refractivity contribution in [2.24, 2.45) is 0 Å². The first-order valence-corrected chi connectivity index (χ1v) is 13.8. The van der Waals surface area contributed by atoms with Crippen LogP contribution in [-0.2, 0) is 30.2 Å². The zero-order valence-corrected chi connectivity index (χ0v) is 23.1. The third kappa shape index (κ3) is 7.21. The molecule has 1 unspecified atom stereocenters. The van der Waals surface area contributed by atoms with Crippen LogP contribution in [0.25, 0.3) is 0 Å². The van der Waals surface area contributed by atoms with Gasteiger partial charge in [-0.3, -0.25) is 9.59 Å². The Labute approximate surface area is 215 Å². The number of carbonyl (C=O) groups excluding carboxylic acids is 2. The lowest BCUT2D eigenvalue weighted by molar-refractivity contribution is -0.122. The van der Waals surface area contributed by atoms with Gasteiger partial charge in [0, 0.05) is 18.1 Å². The molecule has 1 saturated heterocycles. The van der Waals surface area contributed by atoms with E-state index in [-0.39, 0.29) is 39.9 Å². The second-order valence-corrected chi connectivity index (χ2v) is 12.5. The number of thioether (sulfide) groups is 1. The summed E-state index contributed by atoms with van der Waals surface area (Å²) in [6.45, 7) is 12.4. The molecule has 0 spiro atoms.